The summed E-state index contributed by atoms with van der Waals surface area (Å²) >= 11 is 0. The number of nitrogens with one attached hydrogen (secondary N) is 1. The van der Waals surface area contributed by atoms with Gasteiger partial charge in [0.25, 0.3) is 0 Å². The summed E-state index contributed by atoms with van der Waals surface area (Å²) in [5, 5.41) is 2.98. The molecular formula is C10H15N3. The highest BCUT2D eigenvalue weighted by Gasteiger charge is 2.04. The third kappa shape index (κ3) is 2.05. The van der Waals surface area contributed by atoms with Crippen molar-refractivity contribution in [2.75, 3.05) is 7.05 Å². The molecule has 1 heterocycles. The lowest BCUT2D eigenvalue weighted by atomic mass is 10.2. The maximum atomic E-state index is 4.44. The molecule has 1 aromatic heterocycles. The van der Waals surface area contributed by atoms with Gasteiger partial charge in [0.1, 0.15) is 5.69 Å². The van der Waals surface area contributed by atoms with E-state index in [1.165, 1.54) is 0 Å². The van der Waals surface area contributed by atoms with Crippen molar-refractivity contribution in [2.45, 2.75) is 20.3 Å². The van der Waals surface area contributed by atoms with Crippen LogP contribution < -0.4 is 5.32 Å². The number of aryl methyl sites for hydroxylation is 2. The molecule has 0 saturated heterocycles. The third-order valence-electron chi connectivity index (χ3n) is 1.96. The molecule has 0 spiro atoms. The summed E-state index contributed by atoms with van der Waals surface area (Å²) in [6, 6.07) is 0. The first-order valence-corrected chi connectivity index (χ1v) is 4.38. The standard InChI is InChI=1S/C10H15N3/c1-5-9-6-12-8(3)10(13-9)7(2)11-4/h6,11H,2,5H2,1,3-4H3. The Morgan fingerprint density at radius 3 is 2.85 bits per heavy atom. The fourth-order valence-corrected chi connectivity index (χ4v) is 1.06. The fraction of sp³-hybridized carbons (Fsp3) is 0.400. The van der Waals surface area contributed by atoms with Crippen LogP contribution in [0.1, 0.15) is 24.0 Å². The Kier molecular flexibility index (Phi) is 3.01. The Morgan fingerprint density at radius 1 is 1.62 bits per heavy atom. The van der Waals surface area contributed by atoms with Crippen LogP contribution in [0.3, 0.4) is 0 Å². The van der Waals surface area contributed by atoms with E-state index in [2.05, 4.69) is 28.8 Å². The van der Waals surface area contributed by atoms with Crippen molar-refractivity contribution in [1.82, 2.24) is 15.3 Å². The Bertz CT molecular complexity index is 318. The second-order valence-electron chi connectivity index (χ2n) is 2.88. The van der Waals surface area contributed by atoms with E-state index in [1.54, 1.807) is 0 Å². The van der Waals surface area contributed by atoms with E-state index in [1.807, 2.05) is 20.2 Å². The molecule has 0 bridgehead atoms. The van der Waals surface area contributed by atoms with Gasteiger partial charge in [0.2, 0.25) is 0 Å². The molecule has 0 fully saturated rings. The Morgan fingerprint density at radius 2 is 2.31 bits per heavy atom. The Balaban J connectivity index is 3.11. The van der Waals surface area contributed by atoms with Gasteiger partial charge in [0, 0.05) is 13.2 Å². The average molecular weight is 177 g/mol. The van der Waals surface area contributed by atoms with E-state index in [4.69, 9.17) is 0 Å². The first-order valence-electron chi connectivity index (χ1n) is 4.38. The van der Waals surface area contributed by atoms with Crippen molar-refractivity contribution in [3.05, 3.63) is 29.9 Å². The largest absolute Gasteiger partial charge is 0.387 e. The third-order valence-corrected chi connectivity index (χ3v) is 1.96. The molecular weight excluding hydrogens is 162 g/mol. The Hall–Kier alpha value is -1.38. The van der Waals surface area contributed by atoms with E-state index in [9.17, 15) is 0 Å². The molecule has 1 aromatic rings. The lowest BCUT2D eigenvalue weighted by molar-refractivity contribution is 0.946. The molecule has 13 heavy (non-hydrogen) atoms. The summed E-state index contributed by atoms with van der Waals surface area (Å²) in [4.78, 5) is 8.69. The zero-order valence-electron chi connectivity index (χ0n) is 8.39. The van der Waals surface area contributed by atoms with Gasteiger partial charge in [-0.1, -0.05) is 13.5 Å². The number of nitrogens with zero attached hydrogens (tertiary/aromatic N) is 2. The smallest absolute Gasteiger partial charge is 0.107 e. The maximum Gasteiger partial charge on any atom is 0.107 e. The molecule has 0 saturated carbocycles. The van der Waals surface area contributed by atoms with Gasteiger partial charge >= 0.3 is 0 Å². The highest BCUT2D eigenvalue weighted by molar-refractivity contribution is 5.59. The number of hydrogen-bond donors (Lipinski definition) is 1. The predicted molar refractivity (Wildman–Crippen MR) is 54.2 cm³/mol. The summed E-state index contributed by atoms with van der Waals surface area (Å²) in [5.41, 5.74) is 3.59. The predicted octanol–water partition coefficient (Wildman–Crippen LogP) is 1.54. The van der Waals surface area contributed by atoms with E-state index >= 15 is 0 Å². The minimum Gasteiger partial charge on any atom is -0.387 e. The molecule has 0 aromatic carbocycles. The van der Waals surface area contributed by atoms with E-state index in [0.717, 1.165) is 29.2 Å². The molecule has 1 N–H and O–H groups in total. The molecule has 3 heteroatoms. The van der Waals surface area contributed by atoms with Crippen molar-refractivity contribution >= 4 is 5.70 Å². The molecule has 70 valence electrons. The lowest BCUT2D eigenvalue weighted by Gasteiger charge is -2.07. The van der Waals surface area contributed by atoms with Gasteiger partial charge in [-0.25, -0.2) is 4.98 Å². The summed E-state index contributed by atoms with van der Waals surface area (Å²) in [6.07, 6.45) is 2.71. The van der Waals surface area contributed by atoms with Crippen LogP contribution in [0.2, 0.25) is 0 Å². The number of rotatable bonds is 3. The van der Waals surface area contributed by atoms with Gasteiger partial charge in [-0.3, -0.25) is 4.98 Å². The van der Waals surface area contributed by atoms with E-state index < -0.39 is 0 Å². The van der Waals surface area contributed by atoms with Crippen molar-refractivity contribution in [2.24, 2.45) is 0 Å². The number of hydrogen-bond acceptors (Lipinski definition) is 3. The molecule has 0 unspecified atom stereocenters. The van der Waals surface area contributed by atoms with Crippen LogP contribution in [0.4, 0.5) is 0 Å². The molecule has 0 aliphatic carbocycles. The topological polar surface area (TPSA) is 37.8 Å². The second kappa shape index (κ2) is 4.03. The van der Waals surface area contributed by atoms with Gasteiger partial charge in [0.05, 0.1) is 17.1 Å². The number of aromatic nitrogens is 2. The first-order chi connectivity index (χ1) is 6.19. The van der Waals surface area contributed by atoms with Crippen LogP contribution in [0.5, 0.6) is 0 Å². The second-order valence-corrected chi connectivity index (χ2v) is 2.88. The fourth-order valence-electron chi connectivity index (χ4n) is 1.06. The maximum absolute atomic E-state index is 4.44. The van der Waals surface area contributed by atoms with Crippen LogP contribution in [-0.2, 0) is 6.42 Å². The minimum atomic E-state index is 0.820. The lowest BCUT2D eigenvalue weighted by Crippen LogP contribution is -2.09. The minimum absolute atomic E-state index is 0.820. The van der Waals surface area contributed by atoms with Crippen LogP contribution in [0, 0.1) is 6.92 Å². The monoisotopic (exact) mass is 177 g/mol. The Labute approximate surface area is 78.9 Å². The zero-order chi connectivity index (χ0) is 9.84. The summed E-state index contributed by atoms with van der Waals surface area (Å²) in [5.74, 6) is 0. The highest BCUT2D eigenvalue weighted by Crippen LogP contribution is 2.10. The summed E-state index contributed by atoms with van der Waals surface area (Å²) in [6.45, 7) is 7.86. The van der Waals surface area contributed by atoms with E-state index in [0.29, 0.717) is 0 Å². The molecule has 3 nitrogen and oxygen atoms in total. The van der Waals surface area contributed by atoms with Crippen molar-refractivity contribution in [3.8, 4) is 0 Å². The molecule has 1 rings (SSSR count). The van der Waals surface area contributed by atoms with Crippen LogP contribution >= 0.6 is 0 Å². The molecule has 0 aliphatic heterocycles. The summed E-state index contributed by atoms with van der Waals surface area (Å²) in [7, 11) is 1.84. The van der Waals surface area contributed by atoms with Gasteiger partial charge in [0.15, 0.2) is 0 Å². The molecule has 0 aliphatic rings. The van der Waals surface area contributed by atoms with Crippen LogP contribution in [0.15, 0.2) is 12.8 Å². The first kappa shape index (κ1) is 9.71. The van der Waals surface area contributed by atoms with Crippen LogP contribution in [-0.4, -0.2) is 17.0 Å². The van der Waals surface area contributed by atoms with E-state index in [-0.39, 0.29) is 0 Å². The van der Waals surface area contributed by atoms with Crippen LogP contribution in [0.25, 0.3) is 5.70 Å². The summed E-state index contributed by atoms with van der Waals surface area (Å²) < 4.78 is 0. The normalized spacial score (nSPS) is 9.77. The van der Waals surface area contributed by atoms with Gasteiger partial charge in [-0.05, 0) is 13.3 Å². The molecule has 0 atom stereocenters. The van der Waals surface area contributed by atoms with Gasteiger partial charge < -0.3 is 5.32 Å². The average Bonchev–Trinajstić information content (AvgIpc) is 2.17. The molecule has 0 radical (unpaired) electrons. The molecule has 0 amide bonds. The highest BCUT2D eigenvalue weighted by atomic mass is 14.9. The van der Waals surface area contributed by atoms with Crippen molar-refractivity contribution < 1.29 is 0 Å². The SMILES string of the molecule is C=C(NC)c1nc(CC)cnc1C. The van der Waals surface area contributed by atoms with Gasteiger partial charge in [-0.2, -0.15) is 0 Å². The van der Waals surface area contributed by atoms with Crippen molar-refractivity contribution in [3.63, 3.8) is 0 Å². The van der Waals surface area contributed by atoms with Gasteiger partial charge in [-0.15, -0.1) is 0 Å². The van der Waals surface area contributed by atoms with Crippen molar-refractivity contribution in [1.29, 1.82) is 0 Å². The zero-order valence-corrected chi connectivity index (χ0v) is 8.39. The quantitative estimate of drug-likeness (QED) is 0.761.